The lowest BCUT2D eigenvalue weighted by Crippen LogP contribution is -2.41. The summed E-state index contributed by atoms with van der Waals surface area (Å²) in [5.41, 5.74) is 0.699. The molecule has 0 atom stereocenters. The van der Waals surface area contributed by atoms with Crippen LogP contribution in [0.4, 0.5) is 0 Å². The minimum Gasteiger partial charge on any atom is -0.339 e. The number of aromatic nitrogens is 1. The Bertz CT molecular complexity index is 593. The first kappa shape index (κ1) is 10.5. The largest absolute Gasteiger partial charge is 0.339 e. The first-order valence-corrected chi connectivity index (χ1v) is 5.96. The van der Waals surface area contributed by atoms with Crippen LogP contribution in [-0.2, 0) is 0 Å². The van der Waals surface area contributed by atoms with Crippen LogP contribution in [0.3, 0.4) is 0 Å². The number of benzene rings is 1. The van der Waals surface area contributed by atoms with E-state index in [1.54, 1.807) is 12.4 Å². The molecule has 0 spiro atoms. The van der Waals surface area contributed by atoms with Crippen LogP contribution in [0.1, 0.15) is 16.8 Å². The van der Waals surface area contributed by atoms with Crippen molar-refractivity contribution in [1.82, 2.24) is 9.88 Å². The van der Waals surface area contributed by atoms with Crippen molar-refractivity contribution in [3.8, 4) is 0 Å². The predicted octanol–water partition coefficient (Wildman–Crippen LogP) is 2.73. The molecule has 3 rings (SSSR count). The van der Waals surface area contributed by atoms with Crippen molar-refractivity contribution in [1.29, 1.82) is 0 Å². The molecule has 17 heavy (non-hydrogen) atoms. The maximum atomic E-state index is 12.0. The van der Waals surface area contributed by atoms with Crippen molar-refractivity contribution in [2.45, 2.75) is 6.42 Å². The first-order chi connectivity index (χ1) is 8.25. The molecule has 2 aromatic rings. The molecule has 1 fully saturated rings. The number of carbonyl (C=O) groups is 1. The highest BCUT2D eigenvalue weighted by atomic mass is 35.5. The second-order valence-corrected chi connectivity index (χ2v) is 4.61. The van der Waals surface area contributed by atoms with Gasteiger partial charge in [0, 0.05) is 41.8 Å². The van der Waals surface area contributed by atoms with Crippen molar-refractivity contribution < 1.29 is 4.79 Å². The average Bonchev–Trinajstić information content (AvgIpc) is 2.27. The fraction of sp³-hybridized carbons (Fsp3) is 0.231. The summed E-state index contributed by atoms with van der Waals surface area (Å²) in [5.74, 6) is 0.0889. The molecule has 1 amide bonds. The van der Waals surface area contributed by atoms with Gasteiger partial charge in [-0.25, -0.2) is 0 Å². The van der Waals surface area contributed by atoms with Crippen molar-refractivity contribution in [2.75, 3.05) is 13.1 Å². The Kier molecular flexibility index (Phi) is 2.48. The highest BCUT2D eigenvalue weighted by Crippen LogP contribution is 2.24. The summed E-state index contributed by atoms with van der Waals surface area (Å²) in [7, 11) is 0. The zero-order chi connectivity index (χ0) is 11.8. The summed E-state index contributed by atoms with van der Waals surface area (Å²) in [6.07, 6.45) is 4.45. The van der Waals surface area contributed by atoms with E-state index in [2.05, 4.69) is 4.98 Å². The Labute approximate surface area is 104 Å². The predicted molar refractivity (Wildman–Crippen MR) is 67.3 cm³/mol. The summed E-state index contributed by atoms with van der Waals surface area (Å²) >= 11 is 6.07. The molecule has 0 aliphatic carbocycles. The monoisotopic (exact) mass is 246 g/mol. The smallest absolute Gasteiger partial charge is 0.253 e. The Morgan fingerprint density at radius 2 is 2.12 bits per heavy atom. The molecule has 0 unspecified atom stereocenters. The second-order valence-electron chi connectivity index (χ2n) is 4.20. The van der Waals surface area contributed by atoms with Gasteiger partial charge in [0.25, 0.3) is 5.91 Å². The number of nitrogens with zero attached hydrogens (tertiary/aromatic N) is 2. The van der Waals surface area contributed by atoms with Gasteiger partial charge < -0.3 is 4.90 Å². The Balaban J connectivity index is 2.06. The number of halogens is 1. The Morgan fingerprint density at radius 3 is 2.82 bits per heavy atom. The standard InChI is InChI=1S/C13H11ClN2O/c14-12-8-15-7-10-3-2-9(6-11(10)12)13(17)16-4-1-5-16/h2-3,6-8H,1,4-5H2. The van der Waals surface area contributed by atoms with Gasteiger partial charge >= 0.3 is 0 Å². The highest BCUT2D eigenvalue weighted by Gasteiger charge is 2.21. The van der Waals surface area contributed by atoms with Crippen LogP contribution in [0, 0.1) is 0 Å². The molecule has 86 valence electrons. The molecule has 0 N–H and O–H groups in total. The van der Waals surface area contributed by atoms with Crippen LogP contribution in [0.15, 0.2) is 30.6 Å². The summed E-state index contributed by atoms with van der Waals surface area (Å²) in [5, 5.41) is 2.42. The van der Waals surface area contributed by atoms with Crippen LogP contribution in [0.2, 0.25) is 5.02 Å². The zero-order valence-corrected chi connectivity index (χ0v) is 9.94. The van der Waals surface area contributed by atoms with Crippen molar-refractivity contribution in [2.24, 2.45) is 0 Å². The first-order valence-electron chi connectivity index (χ1n) is 5.58. The molecular formula is C13H11ClN2O. The van der Waals surface area contributed by atoms with E-state index in [-0.39, 0.29) is 5.91 Å². The number of hydrogen-bond acceptors (Lipinski definition) is 2. The molecule has 2 heterocycles. The molecule has 3 nitrogen and oxygen atoms in total. The lowest BCUT2D eigenvalue weighted by molar-refractivity contribution is 0.0652. The van der Waals surface area contributed by atoms with Crippen molar-refractivity contribution in [3.63, 3.8) is 0 Å². The van der Waals surface area contributed by atoms with Gasteiger partial charge in [-0.15, -0.1) is 0 Å². The number of rotatable bonds is 1. The van der Waals surface area contributed by atoms with Crippen LogP contribution in [-0.4, -0.2) is 28.9 Å². The lowest BCUT2D eigenvalue weighted by atomic mass is 10.1. The third-order valence-electron chi connectivity index (χ3n) is 3.10. The van der Waals surface area contributed by atoms with Crippen LogP contribution < -0.4 is 0 Å². The summed E-state index contributed by atoms with van der Waals surface area (Å²) in [6, 6.07) is 5.57. The van der Waals surface area contributed by atoms with Crippen molar-refractivity contribution in [3.05, 3.63) is 41.2 Å². The van der Waals surface area contributed by atoms with E-state index in [1.807, 2.05) is 23.1 Å². The van der Waals surface area contributed by atoms with E-state index in [1.165, 1.54) is 0 Å². The topological polar surface area (TPSA) is 33.2 Å². The number of carbonyl (C=O) groups excluding carboxylic acids is 1. The SMILES string of the molecule is O=C(c1ccc2cncc(Cl)c2c1)N1CCC1. The number of amides is 1. The molecule has 1 saturated heterocycles. The van der Waals surface area contributed by atoms with Crippen LogP contribution >= 0.6 is 11.6 Å². The molecule has 1 aliphatic heterocycles. The number of hydrogen-bond donors (Lipinski definition) is 0. The van der Waals surface area contributed by atoms with E-state index in [9.17, 15) is 4.79 Å². The van der Waals surface area contributed by atoms with E-state index >= 15 is 0 Å². The van der Waals surface area contributed by atoms with E-state index in [0.29, 0.717) is 10.6 Å². The fourth-order valence-corrected chi connectivity index (χ4v) is 2.18. The molecule has 0 saturated carbocycles. The summed E-state index contributed by atoms with van der Waals surface area (Å²) in [4.78, 5) is 17.9. The van der Waals surface area contributed by atoms with Gasteiger partial charge in [-0.2, -0.15) is 0 Å². The Hall–Kier alpha value is -1.61. The summed E-state index contributed by atoms with van der Waals surface area (Å²) in [6.45, 7) is 1.72. The Morgan fingerprint density at radius 1 is 1.29 bits per heavy atom. The van der Waals surface area contributed by atoms with Gasteiger partial charge in [0.1, 0.15) is 0 Å². The van der Waals surface area contributed by atoms with Gasteiger partial charge in [0.05, 0.1) is 5.02 Å². The third kappa shape index (κ3) is 1.76. The molecule has 1 aromatic carbocycles. The van der Waals surface area contributed by atoms with E-state index in [4.69, 9.17) is 11.6 Å². The highest BCUT2D eigenvalue weighted by molar-refractivity contribution is 6.35. The van der Waals surface area contributed by atoms with Crippen LogP contribution in [0.25, 0.3) is 10.8 Å². The number of fused-ring (bicyclic) bond motifs is 1. The maximum absolute atomic E-state index is 12.0. The zero-order valence-electron chi connectivity index (χ0n) is 9.19. The van der Waals surface area contributed by atoms with Crippen LogP contribution in [0.5, 0.6) is 0 Å². The fourth-order valence-electron chi connectivity index (χ4n) is 1.96. The van der Waals surface area contributed by atoms with Gasteiger partial charge in [0.2, 0.25) is 0 Å². The molecular weight excluding hydrogens is 236 g/mol. The third-order valence-corrected chi connectivity index (χ3v) is 3.40. The second kappa shape index (κ2) is 4.00. The quantitative estimate of drug-likeness (QED) is 0.775. The van der Waals surface area contributed by atoms with Gasteiger partial charge in [-0.1, -0.05) is 17.7 Å². The lowest BCUT2D eigenvalue weighted by Gasteiger charge is -2.30. The minimum atomic E-state index is 0.0889. The molecule has 0 bridgehead atoms. The molecule has 0 radical (unpaired) electrons. The van der Waals surface area contributed by atoms with Gasteiger partial charge in [0.15, 0.2) is 0 Å². The maximum Gasteiger partial charge on any atom is 0.253 e. The van der Waals surface area contributed by atoms with E-state index < -0.39 is 0 Å². The molecule has 1 aliphatic rings. The minimum absolute atomic E-state index is 0.0889. The van der Waals surface area contributed by atoms with E-state index in [0.717, 1.165) is 30.3 Å². The molecule has 1 aromatic heterocycles. The molecule has 4 heteroatoms. The van der Waals surface area contributed by atoms with Gasteiger partial charge in [-0.05, 0) is 18.6 Å². The number of pyridine rings is 1. The van der Waals surface area contributed by atoms with Crippen molar-refractivity contribution >= 4 is 28.3 Å². The average molecular weight is 247 g/mol. The van der Waals surface area contributed by atoms with Gasteiger partial charge in [-0.3, -0.25) is 9.78 Å². The normalized spacial score (nSPS) is 14.8. The summed E-state index contributed by atoms with van der Waals surface area (Å²) < 4.78 is 0. The number of likely N-dealkylation sites (tertiary alicyclic amines) is 1.